The maximum Gasteiger partial charge on any atom is 0.0547 e. The molecule has 0 saturated heterocycles. The minimum atomic E-state index is 1.16. The van der Waals surface area contributed by atoms with Crippen LogP contribution in [0.4, 0.5) is 0 Å². The quantitative estimate of drug-likeness (QED) is 0.166. The third-order valence-corrected chi connectivity index (χ3v) is 12.9. The Hall–Kier alpha value is -7.20. The molecule has 0 amide bonds. The lowest BCUT2D eigenvalue weighted by Crippen LogP contribution is -1.95. The molecule has 0 spiro atoms. The van der Waals surface area contributed by atoms with Crippen LogP contribution in [0.3, 0.4) is 0 Å². The van der Waals surface area contributed by atoms with Crippen LogP contribution in [0.25, 0.3) is 109 Å². The molecule has 0 bridgehead atoms. The summed E-state index contributed by atoms with van der Waals surface area (Å²) < 4.78 is 7.51. The van der Waals surface area contributed by atoms with Crippen molar-refractivity contribution in [3.05, 3.63) is 206 Å². The molecule has 3 heterocycles. The fourth-order valence-corrected chi connectivity index (χ4v) is 10.3. The lowest BCUT2D eigenvalue weighted by molar-refractivity contribution is 1.18. The van der Waals surface area contributed by atoms with Gasteiger partial charge in [0.15, 0.2) is 0 Å². The summed E-state index contributed by atoms with van der Waals surface area (Å²) in [6, 6.07) is 75.7. The summed E-state index contributed by atoms with van der Waals surface area (Å²) in [6.45, 7) is 0. The molecule has 0 aliphatic heterocycles. The first-order valence-corrected chi connectivity index (χ1v) is 20.3. The van der Waals surface area contributed by atoms with Crippen molar-refractivity contribution in [3.63, 3.8) is 0 Å². The molecular weight excluding hydrogens is 709 g/mol. The van der Waals surface area contributed by atoms with E-state index in [1.807, 2.05) is 11.3 Å². The van der Waals surface area contributed by atoms with Gasteiger partial charge in [0, 0.05) is 58.7 Å². The van der Waals surface area contributed by atoms with Crippen molar-refractivity contribution in [2.75, 3.05) is 0 Å². The maximum absolute atomic E-state index is 2.49. The summed E-state index contributed by atoms with van der Waals surface area (Å²) >= 11 is 1.89. The van der Waals surface area contributed by atoms with Gasteiger partial charge in [0.1, 0.15) is 0 Å². The smallest absolute Gasteiger partial charge is 0.0547 e. The molecule has 12 aromatic rings. The maximum atomic E-state index is 2.49. The number of nitrogens with zero attached hydrogens (tertiary/aromatic N) is 2. The zero-order chi connectivity index (χ0) is 37.5. The van der Waals surface area contributed by atoms with E-state index in [-0.39, 0.29) is 0 Å². The van der Waals surface area contributed by atoms with Crippen LogP contribution < -0.4 is 0 Å². The van der Waals surface area contributed by atoms with Crippen molar-refractivity contribution in [2.24, 2.45) is 0 Å². The van der Waals surface area contributed by atoms with Gasteiger partial charge >= 0.3 is 0 Å². The molecule has 0 unspecified atom stereocenters. The van der Waals surface area contributed by atoms with Gasteiger partial charge in [0.2, 0.25) is 0 Å². The highest BCUT2D eigenvalue weighted by molar-refractivity contribution is 7.26. The van der Waals surface area contributed by atoms with Crippen molar-refractivity contribution in [3.8, 4) is 44.8 Å². The molecule has 12 rings (SSSR count). The van der Waals surface area contributed by atoms with Gasteiger partial charge in [-0.3, -0.25) is 0 Å². The van der Waals surface area contributed by atoms with Crippen LogP contribution in [0, 0.1) is 0 Å². The van der Waals surface area contributed by atoms with Crippen molar-refractivity contribution >= 4 is 75.1 Å². The van der Waals surface area contributed by atoms with E-state index in [1.165, 1.54) is 97.2 Å². The number of hydrogen-bond donors (Lipinski definition) is 0. The average molecular weight is 743 g/mol. The third kappa shape index (κ3) is 5.03. The molecule has 9 aromatic carbocycles. The molecule has 0 fully saturated rings. The SMILES string of the molecule is c1ccc(-c2cccc(-c3cc(-n4c5ccccc5c5ccc(-c6ccc7c8ccccc8n(-c8ccccc8)c7c6)cc54)cc4c3sc3ccccc34)c2)cc1. The zero-order valence-electron chi connectivity index (χ0n) is 30.9. The molecule has 0 aliphatic rings. The monoisotopic (exact) mass is 742 g/mol. The second-order valence-corrected chi connectivity index (χ2v) is 16.0. The van der Waals surface area contributed by atoms with E-state index in [4.69, 9.17) is 0 Å². The fraction of sp³-hybridized carbons (Fsp3) is 0. The van der Waals surface area contributed by atoms with E-state index >= 15 is 0 Å². The Labute approximate surface area is 333 Å². The Kier molecular flexibility index (Phi) is 7.13. The molecule has 0 saturated carbocycles. The summed E-state index contributed by atoms with van der Waals surface area (Å²) in [4.78, 5) is 0. The lowest BCUT2D eigenvalue weighted by atomic mass is 9.97. The highest BCUT2D eigenvalue weighted by Crippen LogP contribution is 2.44. The first-order chi connectivity index (χ1) is 28.3. The van der Waals surface area contributed by atoms with Gasteiger partial charge in [-0.2, -0.15) is 0 Å². The zero-order valence-corrected chi connectivity index (χ0v) is 31.7. The number of fused-ring (bicyclic) bond motifs is 9. The first kappa shape index (κ1) is 32.1. The number of aromatic nitrogens is 2. The van der Waals surface area contributed by atoms with Crippen LogP contribution in [0.15, 0.2) is 206 Å². The number of thiophene rings is 1. The number of hydrogen-bond acceptors (Lipinski definition) is 1. The highest BCUT2D eigenvalue weighted by Gasteiger charge is 2.19. The van der Waals surface area contributed by atoms with E-state index in [0.717, 1.165) is 11.4 Å². The molecule has 266 valence electrons. The van der Waals surface area contributed by atoms with E-state index in [9.17, 15) is 0 Å². The third-order valence-electron chi connectivity index (χ3n) is 11.7. The largest absolute Gasteiger partial charge is 0.309 e. The molecular formula is C54H34N2S. The van der Waals surface area contributed by atoms with E-state index in [0.29, 0.717) is 0 Å². The van der Waals surface area contributed by atoms with Crippen LogP contribution in [-0.2, 0) is 0 Å². The molecule has 57 heavy (non-hydrogen) atoms. The van der Waals surface area contributed by atoms with Crippen LogP contribution in [0.2, 0.25) is 0 Å². The fourth-order valence-electron chi connectivity index (χ4n) is 9.09. The molecule has 0 radical (unpaired) electrons. The number of rotatable bonds is 5. The van der Waals surface area contributed by atoms with Crippen molar-refractivity contribution in [1.29, 1.82) is 0 Å². The highest BCUT2D eigenvalue weighted by atomic mass is 32.1. The minimum Gasteiger partial charge on any atom is -0.309 e. The van der Waals surface area contributed by atoms with Gasteiger partial charge in [0.05, 0.1) is 22.1 Å². The Morgan fingerprint density at radius 3 is 1.47 bits per heavy atom. The van der Waals surface area contributed by atoms with Crippen molar-refractivity contribution in [1.82, 2.24) is 9.13 Å². The predicted molar refractivity (Wildman–Crippen MR) is 244 cm³/mol. The lowest BCUT2D eigenvalue weighted by Gasteiger charge is -2.14. The standard InChI is InChI=1S/C54H34N2S/c1-3-14-35(15-4-1)36-16-13-17-39(30-36)47-33-41(34-48-46-22-9-12-25-53(46)57-54(47)48)56-50-24-11-8-21-43(50)45-29-27-38(32-52(45)56)37-26-28-44-42-20-7-10-23-49(42)55(51(44)31-37)40-18-5-2-6-19-40/h1-34H. The van der Waals surface area contributed by atoms with E-state index in [2.05, 4.69) is 215 Å². The van der Waals surface area contributed by atoms with Gasteiger partial charge in [-0.15, -0.1) is 11.3 Å². The van der Waals surface area contributed by atoms with Gasteiger partial charge in [-0.25, -0.2) is 0 Å². The molecule has 3 aromatic heterocycles. The average Bonchev–Trinajstić information content (AvgIpc) is 3.94. The van der Waals surface area contributed by atoms with Crippen LogP contribution in [0.1, 0.15) is 0 Å². The van der Waals surface area contributed by atoms with Crippen molar-refractivity contribution < 1.29 is 0 Å². The van der Waals surface area contributed by atoms with Gasteiger partial charge < -0.3 is 9.13 Å². The summed E-state index contributed by atoms with van der Waals surface area (Å²) in [5, 5.41) is 7.60. The molecule has 3 heteroatoms. The topological polar surface area (TPSA) is 9.86 Å². The van der Waals surface area contributed by atoms with E-state index < -0.39 is 0 Å². The van der Waals surface area contributed by atoms with Crippen molar-refractivity contribution in [2.45, 2.75) is 0 Å². The second-order valence-electron chi connectivity index (χ2n) is 14.9. The van der Waals surface area contributed by atoms with Gasteiger partial charge in [-0.1, -0.05) is 146 Å². The van der Waals surface area contributed by atoms with Crippen LogP contribution in [0.5, 0.6) is 0 Å². The van der Waals surface area contributed by atoms with Crippen LogP contribution >= 0.6 is 11.3 Å². The molecule has 0 N–H and O–H groups in total. The Balaban J connectivity index is 1.10. The van der Waals surface area contributed by atoms with Gasteiger partial charge in [0.25, 0.3) is 0 Å². The first-order valence-electron chi connectivity index (χ1n) is 19.5. The van der Waals surface area contributed by atoms with E-state index in [1.54, 1.807) is 0 Å². The normalized spacial score (nSPS) is 11.9. The number of para-hydroxylation sites is 3. The number of benzene rings is 9. The van der Waals surface area contributed by atoms with Crippen LogP contribution in [-0.4, -0.2) is 9.13 Å². The Morgan fingerprint density at radius 1 is 0.281 bits per heavy atom. The summed E-state index contributed by atoms with van der Waals surface area (Å²) in [5.74, 6) is 0. The Morgan fingerprint density at radius 2 is 0.789 bits per heavy atom. The minimum absolute atomic E-state index is 1.16. The predicted octanol–water partition coefficient (Wildman–Crippen LogP) is 15.2. The summed E-state index contributed by atoms with van der Waals surface area (Å²) in [7, 11) is 0. The molecule has 0 aliphatic carbocycles. The Bertz CT molecular complexity index is 3510. The summed E-state index contributed by atoms with van der Waals surface area (Å²) in [6.07, 6.45) is 0. The van der Waals surface area contributed by atoms with Gasteiger partial charge in [-0.05, 0) is 88.5 Å². The second kappa shape index (κ2) is 12.7. The molecule has 2 nitrogen and oxygen atoms in total. The molecule has 0 atom stereocenters. The summed E-state index contributed by atoms with van der Waals surface area (Å²) in [5.41, 5.74) is 14.4.